The van der Waals surface area contributed by atoms with Gasteiger partial charge in [-0.3, -0.25) is 4.68 Å². The van der Waals surface area contributed by atoms with Crippen LogP contribution >= 0.6 is 24.0 Å². The van der Waals surface area contributed by atoms with Gasteiger partial charge in [0.15, 0.2) is 5.96 Å². The molecule has 1 atom stereocenters. The van der Waals surface area contributed by atoms with Crippen LogP contribution in [0.5, 0.6) is 5.75 Å². The van der Waals surface area contributed by atoms with Crippen molar-refractivity contribution < 1.29 is 14.2 Å². The molecule has 0 radical (unpaired) electrons. The summed E-state index contributed by atoms with van der Waals surface area (Å²) in [6.07, 6.45) is 4.76. The molecule has 1 N–H and O–H groups in total. The lowest BCUT2D eigenvalue weighted by Crippen LogP contribution is -2.48. The highest BCUT2D eigenvalue weighted by Crippen LogP contribution is 2.22. The summed E-state index contributed by atoms with van der Waals surface area (Å²) in [6.45, 7) is 7.06. The van der Waals surface area contributed by atoms with Gasteiger partial charge in [-0.2, -0.15) is 5.10 Å². The van der Waals surface area contributed by atoms with Gasteiger partial charge in [0, 0.05) is 52.0 Å². The smallest absolute Gasteiger partial charge is 0.194 e. The fourth-order valence-corrected chi connectivity index (χ4v) is 3.37. The van der Waals surface area contributed by atoms with Crippen LogP contribution in [0.2, 0.25) is 0 Å². The van der Waals surface area contributed by atoms with Gasteiger partial charge >= 0.3 is 0 Å². The average molecular weight is 543 g/mol. The van der Waals surface area contributed by atoms with E-state index in [1.165, 1.54) is 0 Å². The molecule has 1 aromatic heterocycles. The van der Waals surface area contributed by atoms with Crippen LogP contribution in [0.4, 0.5) is 0 Å². The van der Waals surface area contributed by atoms with Gasteiger partial charge in [0.05, 0.1) is 32.5 Å². The first-order valence-corrected chi connectivity index (χ1v) is 10.5. The van der Waals surface area contributed by atoms with Crippen molar-refractivity contribution >= 4 is 29.9 Å². The molecule has 0 amide bonds. The molecule has 8 nitrogen and oxygen atoms in total. The lowest BCUT2D eigenvalue weighted by atomic mass is 10.1. The van der Waals surface area contributed by atoms with Crippen molar-refractivity contribution in [3.05, 3.63) is 47.8 Å². The largest absolute Gasteiger partial charge is 0.493 e. The van der Waals surface area contributed by atoms with Crippen LogP contribution in [0.1, 0.15) is 30.6 Å². The van der Waals surface area contributed by atoms with Gasteiger partial charge < -0.3 is 24.4 Å². The number of rotatable bonds is 9. The van der Waals surface area contributed by atoms with Crippen LogP contribution in [0.3, 0.4) is 0 Å². The molecule has 1 unspecified atom stereocenters. The number of hydrogen-bond donors (Lipinski definition) is 1. The fourth-order valence-electron chi connectivity index (χ4n) is 3.37. The van der Waals surface area contributed by atoms with Crippen LogP contribution in [-0.4, -0.2) is 67.2 Å². The van der Waals surface area contributed by atoms with Crippen molar-refractivity contribution in [1.82, 2.24) is 20.0 Å². The number of benzene rings is 1. The van der Waals surface area contributed by atoms with Crippen molar-refractivity contribution in [2.24, 2.45) is 12.0 Å². The summed E-state index contributed by atoms with van der Waals surface area (Å²) in [5.74, 6) is 1.77. The molecule has 2 aromatic rings. The summed E-state index contributed by atoms with van der Waals surface area (Å²) in [5.41, 5.74) is 2.21. The molecular formula is C22H34IN5O3. The van der Waals surface area contributed by atoms with E-state index in [0.29, 0.717) is 26.4 Å². The molecule has 1 aromatic carbocycles. The molecule has 9 heteroatoms. The Bertz CT molecular complexity index is 814. The normalized spacial score (nSPS) is 16.7. The molecular weight excluding hydrogens is 509 g/mol. The molecule has 31 heavy (non-hydrogen) atoms. The number of guanidine groups is 1. The second kappa shape index (κ2) is 13.5. The molecule has 3 rings (SSSR count). The van der Waals surface area contributed by atoms with Gasteiger partial charge in [-0.05, 0) is 24.6 Å². The van der Waals surface area contributed by atoms with Gasteiger partial charge in [0.1, 0.15) is 11.9 Å². The minimum atomic E-state index is 0. The zero-order valence-electron chi connectivity index (χ0n) is 18.6. The Morgan fingerprint density at radius 3 is 2.97 bits per heavy atom. The second-order valence-corrected chi connectivity index (χ2v) is 7.27. The summed E-state index contributed by atoms with van der Waals surface area (Å²) in [4.78, 5) is 7.13. The Morgan fingerprint density at radius 1 is 1.35 bits per heavy atom. The lowest BCUT2D eigenvalue weighted by Gasteiger charge is -2.34. The zero-order chi connectivity index (χ0) is 21.2. The lowest BCUT2D eigenvalue weighted by molar-refractivity contribution is -0.00805. The maximum atomic E-state index is 5.97. The summed E-state index contributed by atoms with van der Waals surface area (Å²) >= 11 is 0. The highest BCUT2D eigenvalue weighted by Gasteiger charge is 2.25. The van der Waals surface area contributed by atoms with Crippen LogP contribution in [0.25, 0.3) is 0 Å². The van der Waals surface area contributed by atoms with Crippen molar-refractivity contribution in [2.75, 3.05) is 46.6 Å². The number of ether oxygens (including phenoxy) is 3. The third kappa shape index (κ3) is 7.97. The van der Waals surface area contributed by atoms with Crippen LogP contribution in [-0.2, 0) is 23.1 Å². The first-order chi connectivity index (χ1) is 14.7. The van der Waals surface area contributed by atoms with Crippen LogP contribution in [0.15, 0.2) is 41.7 Å². The van der Waals surface area contributed by atoms with E-state index >= 15 is 0 Å². The Morgan fingerprint density at radius 2 is 2.23 bits per heavy atom. The van der Waals surface area contributed by atoms with E-state index in [1.807, 2.05) is 31.6 Å². The average Bonchev–Trinajstić information content (AvgIpc) is 3.21. The third-order valence-corrected chi connectivity index (χ3v) is 4.87. The van der Waals surface area contributed by atoms with E-state index in [4.69, 9.17) is 19.2 Å². The predicted molar refractivity (Wildman–Crippen MR) is 132 cm³/mol. The van der Waals surface area contributed by atoms with Crippen molar-refractivity contribution in [3.8, 4) is 5.75 Å². The molecule has 1 fully saturated rings. The highest BCUT2D eigenvalue weighted by atomic mass is 127. The molecule has 2 heterocycles. The van der Waals surface area contributed by atoms with Crippen LogP contribution < -0.4 is 10.1 Å². The number of halogens is 1. The van der Waals surface area contributed by atoms with E-state index in [1.54, 1.807) is 11.8 Å². The summed E-state index contributed by atoms with van der Waals surface area (Å²) in [7, 11) is 3.62. The molecule has 0 bridgehead atoms. The number of nitrogens with one attached hydrogen (secondary N) is 1. The maximum Gasteiger partial charge on any atom is 0.194 e. The number of aryl methyl sites for hydroxylation is 1. The van der Waals surface area contributed by atoms with E-state index in [9.17, 15) is 0 Å². The van der Waals surface area contributed by atoms with Gasteiger partial charge in [-0.25, -0.2) is 4.99 Å². The quantitative estimate of drug-likeness (QED) is 0.227. The maximum absolute atomic E-state index is 5.97. The van der Waals surface area contributed by atoms with E-state index in [2.05, 4.69) is 34.4 Å². The molecule has 172 valence electrons. The summed E-state index contributed by atoms with van der Waals surface area (Å²) in [6, 6.07) is 8.12. The summed E-state index contributed by atoms with van der Waals surface area (Å²) in [5, 5.41) is 7.68. The Labute approximate surface area is 202 Å². The topological polar surface area (TPSA) is 73.1 Å². The Hall–Kier alpha value is -1.85. The molecule has 0 spiro atoms. The highest BCUT2D eigenvalue weighted by molar-refractivity contribution is 14.0. The van der Waals surface area contributed by atoms with Gasteiger partial charge in [-0.1, -0.05) is 12.1 Å². The number of aliphatic imine (C=N–C) groups is 1. The van der Waals surface area contributed by atoms with Crippen molar-refractivity contribution in [1.29, 1.82) is 0 Å². The van der Waals surface area contributed by atoms with Gasteiger partial charge in [0.2, 0.25) is 0 Å². The monoisotopic (exact) mass is 543 g/mol. The van der Waals surface area contributed by atoms with Crippen molar-refractivity contribution in [2.45, 2.75) is 26.0 Å². The van der Waals surface area contributed by atoms with E-state index < -0.39 is 0 Å². The fraction of sp³-hybridized carbons (Fsp3) is 0.545. The Balaban J connectivity index is 0.00000341. The number of methoxy groups -OCH3 is 1. The molecule has 0 saturated carbocycles. The predicted octanol–water partition coefficient (Wildman–Crippen LogP) is 2.99. The van der Waals surface area contributed by atoms with Crippen molar-refractivity contribution in [3.63, 3.8) is 0 Å². The first-order valence-electron chi connectivity index (χ1n) is 10.5. The molecule has 1 aliphatic rings. The third-order valence-electron chi connectivity index (χ3n) is 4.87. The standard InChI is InChI=1S/C22H33N5O3.HI/c1-4-23-22(27-9-12-30-21(17-27)19-15-25-26(2)16-19)24-14-18-7-5-8-20(13-18)29-11-6-10-28-3;/h5,7-8,13,15-16,21H,4,6,9-12,14,17H2,1-3H3,(H,23,24);1H. The Kier molecular flexibility index (Phi) is 11.1. The van der Waals surface area contributed by atoms with Gasteiger partial charge in [-0.15, -0.1) is 24.0 Å². The zero-order valence-corrected chi connectivity index (χ0v) is 21.0. The van der Waals surface area contributed by atoms with Crippen LogP contribution in [0, 0.1) is 0 Å². The van der Waals surface area contributed by atoms with Gasteiger partial charge in [0.25, 0.3) is 0 Å². The number of nitrogens with zero attached hydrogens (tertiary/aromatic N) is 4. The number of aromatic nitrogens is 2. The first kappa shape index (κ1) is 25.4. The minimum Gasteiger partial charge on any atom is -0.493 e. The number of morpholine rings is 1. The second-order valence-electron chi connectivity index (χ2n) is 7.27. The number of hydrogen-bond acceptors (Lipinski definition) is 5. The molecule has 1 aliphatic heterocycles. The molecule has 1 saturated heterocycles. The minimum absolute atomic E-state index is 0. The SMILES string of the molecule is CCNC(=NCc1cccc(OCCCOC)c1)N1CCOC(c2cnn(C)c2)C1.I. The summed E-state index contributed by atoms with van der Waals surface area (Å²) < 4.78 is 18.6. The van der Waals surface area contributed by atoms with E-state index in [0.717, 1.165) is 48.9 Å². The molecule has 0 aliphatic carbocycles. The van der Waals surface area contributed by atoms with E-state index in [-0.39, 0.29) is 30.1 Å².